The molecule has 3 nitrogen and oxygen atoms in total. The van der Waals surface area contributed by atoms with Gasteiger partial charge in [-0.15, -0.1) is 0 Å². The second kappa shape index (κ2) is 7.13. The number of carbonyl (C=O) groups is 1. The van der Waals surface area contributed by atoms with E-state index in [1.54, 1.807) is 24.3 Å². The number of hydrogen-bond donors (Lipinski definition) is 2. The minimum absolute atomic E-state index is 0.0324. The molecule has 0 aliphatic heterocycles. The quantitative estimate of drug-likeness (QED) is 0.891. The van der Waals surface area contributed by atoms with Crippen LogP contribution in [0.2, 0.25) is 0 Å². The van der Waals surface area contributed by atoms with E-state index in [9.17, 15) is 18.0 Å². The zero-order valence-electron chi connectivity index (χ0n) is 12.3. The highest BCUT2D eigenvalue weighted by Gasteiger charge is 2.28. The highest BCUT2D eigenvalue weighted by atomic mass is 19.4. The summed E-state index contributed by atoms with van der Waals surface area (Å²) in [7, 11) is 0. The summed E-state index contributed by atoms with van der Waals surface area (Å²) in [4.78, 5) is 12.3. The van der Waals surface area contributed by atoms with Crippen molar-refractivity contribution in [2.75, 3.05) is 5.32 Å². The normalized spacial score (nSPS) is 22.4. The zero-order valence-corrected chi connectivity index (χ0v) is 12.3. The zero-order chi connectivity index (χ0) is 16.2. The minimum Gasteiger partial charge on any atom is -0.328 e. The molecule has 0 bridgehead atoms. The fourth-order valence-corrected chi connectivity index (χ4v) is 2.84. The van der Waals surface area contributed by atoms with Crippen LogP contribution in [-0.2, 0) is 11.2 Å². The number of para-hydroxylation sites is 1. The van der Waals surface area contributed by atoms with Crippen LogP contribution in [0.5, 0.6) is 0 Å². The van der Waals surface area contributed by atoms with Crippen LogP contribution in [0.3, 0.4) is 0 Å². The van der Waals surface area contributed by atoms with Crippen LogP contribution in [0.1, 0.15) is 37.7 Å². The van der Waals surface area contributed by atoms with E-state index in [0.717, 1.165) is 19.3 Å². The Kier molecular flexibility index (Phi) is 5.45. The maximum absolute atomic E-state index is 12.4. The van der Waals surface area contributed by atoms with E-state index in [-0.39, 0.29) is 24.3 Å². The molecule has 1 aliphatic carbocycles. The molecule has 0 radical (unpaired) electrons. The van der Waals surface area contributed by atoms with Crippen LogP contribution in [-0.4, -0.2) is 18.1 Å². The van der Waals surface area contributed by atoms with Crippen LogP contribution < -0.4 is 11.1 Å². The number of nitrogens with one attached hydrogen (secondary N) is 1. The van der Waals surface area contributed by atoms with Crippen molar-refractivity contribution in [2.45, 2.75) is 50.7 Å². The lowest BCUT2D eigenvalue weighted by Crippen LogP contribution is -2.34. The van der Waals surface area contributed by atoms with E-state index in [1.165, 1.54) is 0 Å². The maximum Gasteiger partial charge on any atom is 0.389 e. The lowest BCUT2D eigenvalue weighted by Gasteiger charge is -2.26. The number of anilines is 1. The Labute approximate surface area is 128 Å². The predicted octanol–water partition coefficient (Wildman–Crippen LogP) is 3.64. The third kappa shape index (κ3) is 5.02. The number of halogens is 3. The smallest absolute Gasteiger partial charge is 0.328 e. The van der Waals surface area contributed by atoms with E-state index in [4.69, 9.17) is 5.73 Å². The molecule has 1 saturated carbocycles. The van der Waals surface area contributed by atoms with Crippen molar-refractivity contribution in [2.24, 2.45) is 11.7 Å². The van der Waals surface area contributed by atoms with Crippen molar-refractivity contribution in [1.82, 2.24) is 0 Å². The molecule has 1 aromatic rings. The topological polar surface area (TPSA) is 55.1 Å². The molecule has 2 rings (SSSR count). The summed E-state index contributed by atoms with van der Waals surface area (Å²) in [6.45, 7) is 0. The van der Waals surface area contributed by atoms with Gasteiger partial charge in [-0.25, -0.2) is 0 Å². The molecule has 1 aromatic carbocycles. The summed E-state index contributed by atoms with van der Waals surface area (Å²) in [6, 6.07) is 6.68. The number of alkyl halides is 3. The Morgan fingerprint density at radius 2 is 2.00 bits per heavy atom. The van der Waals surface area contributed by atoms with E-state index in [2.05, 4.69) is 5.32 Å². The summed E-state index contributed by atoms with van der Waals surface area (Å²) in [6.07, 6.45) is -1.98. The van der Waals surface area contributed by atoms with Crippen molar-refractivity contribution in [1.29, 1.82) is 0 Å². The Hall–Kier alpha value is -1.56. The summed E-state index contributed by atoms with van der Waals surface area (Å²) in [5.74, 6) is -0.297. The first-order valence-electron chi connectivity index (χ1n) is 7.56. The van der Waals surface area contributed by atoms with Crippen LogP contribution in [0, 0.1) is 5.92 Å². The van der Waals surface area contributed by atoms with E-state index >= 15 is 0 Å². The molecule has 0 aromatic heterocycles. The highest BCUT2D eigenvalue weighted by molar-refractivity contribution is 5.93. The molecule has 3 N–H and O–H groups in total. The van der Waals surface area contributed by atoms with Crippen LogP contribution >= 0.6 is 0 Å². The lowest BCUT2D eigenvalue weighted by atomic mass is 9.85. The molecule has 6 heteroatoms. The van der Waals surface area contributed by atoms with Gasteiger partial charge in [0.05, 0.1) is 0 Å². The molecule has 0 spiro atoms. The largest absolute Gasteiger partial charge is 0.389 e. The number of hydrogen-bond acceptors (Lipinski definition) is 2. The maximum atomic E-state index is 12.4. The number of benzene rings is 1. The fourth-order valence-electron chi connectivity index (χ4n) is 2.84. The Morgan fingerprint density at radius 1 is 1.27 bits per heavy atom. The van der Waals surface area contributed by atoms with Gasteiger partial charge >= 0.3 is 6.18 Å². The standard InChI is InChI=1S/C16H21F3N2O/c17-16(18,19)9-8-11-4-1-2-7-14(11)21-15(22)12-5-3-6-13(20)10-12/h1-2,4,7,12-13H,3,5-6,8-10,20H2,(H,21,22). The molecule has 0 saturated heterocycles. The second-order valence-electron chi connectivity index (χ2n) is 5.89. The van der Waals surface area contributed by atoms with Gasteiger partial charge in [-0.05, 0) is 37.3 Å². The van der Waals surface area contributed by atoms with Gasteiger partial charge in [-0.3, -0.25) is 4.79 Å². The average molecular weight is 314 g/mol. The number of amides is 1. The number of rotatable bonds is 4. The number of carbonyl (C=O) groups excluding carboxylic acids is 1. The average Bonchev–Trinajstić information content (AvgIpc) is 2.45. The van der Waals surface area contributed by atoms with Gasteiger partial charge in [-0.2, -0.15) is 13.2 Å². The Balaban J connectivity index is 2.01. The molecular weight excluding hydrogens is 293 g/mol. The molecule has 2 atom stereocenters. The van der Waals surface area contributed by atoms with Gasteiger partial charge in [0, 0.05) is 24.1 Å². The summed E-state index contributed by atoms with van der Waals surface area (Å²) in [5.41, 5.74) is 6.85. The lowest BCUT2D eigenvalue weighted by molar-refractivity contribution is -0.133. The van der Waals surface area contributed by atoms with Crippen LogP contribution in [0.25, 0.3) is 0 Å². The molecule has 1 amide bonds. The first kappa shape index (κ1) is 16.8. The predicted molar refractivity (Wildman–Crippen MR) is 79.4 cm³/mol. The van der Waals surface area contributed by atoms with E-state index in [1.807, 2.05) is 0 Å². The van der Waals surface area contributed by atoms with Gasteiger partial charge in [0.2, 0.25) is 5.91 Å². The summed E-state index contributed by atoms with van der Waals surface area (Å²) in [5, 5.41) is 2.78. The van der Waals surface area contributed by atoms with Crippen molar-refractivity contribution in [3.63, 3.8) is 0 Å². The van der Waals surface area contributed by atoms with Crippen molar-refractivity contribution in [3.8, 4) is 0 Å². The van der Waals surface area contributed by atoms with Gasteiger partial charge < -0.3 is 11.1 Å². The van der Waals surface area contributed by atoms with Crippen molar-refractivity contribution >= 4 is 11.6 Å². The molecule has 2 unspecified atom stereocenters. The van der Waals surface area contributed by atoms with Crippen molar-refractivity contribution in [3.05, 3.63) is 29.8 Å². The van der Waals surface area contributed by atoms with Gasteiger partial charge in [0.25, 0.3) is 0 Å². The molecule has 1 fully saturated rings. The monoisotopic (exact) mass is 314 g/mol. The Bertz CT molecular complexity index is 516. The highest BCUT2D eigenvalue weighted by Crippen LogP contribution is 2.27. The molecule has 122 valence electrons. The number of aryl methyl sites for hydroxylation is 1. The third-order valence-electron chi connectivity index (χ3n) is 4.04. The number of nitrogens with two attached hydrogens (primary N) is 1. The van der Waals surface area contributed by atoms with Crippen LogP contribution in [0.4, 0.5) is 18.9 Å². The van der Waals surface area contributed by atoms with Gasteiger partial charge in [-0.1, -0.05) is 24.6 Å². The van der Waals surface area contributed by atoms with Gasteiger partial charge in [0.1, 0.15) is 0 Å². The Morgan fingerprint density at radius 3 is 2.68 bits per heavy atom. The molecule has 0 heterocycles. The molecule has 1 aliphatic rings. The molecule has 22 heavy (non-hydrogen) atoms. The molecular formula is C16H21F3N2O. The minimum atomic E-state index is -4.20. The summed E-state index contributed by atoms with van der Waals surface area (Å²) >= 11 is 0. The van der Waals surface area contributed by atoms with Crippen molar-refractivity contribution < 1.29 is 18.0 Å². The summed E-state index contributed by atoms with van der Waals surface area (Å²) < 4.78 is 37.1. The van der Waals surface area contributed by atoms with Crippen LogP contribution in [0.15, 0.2) is 24.3 Å². The third-order valence-corrected chi connectivity index (χ3v) is 4.04. The SMILES string of the molecule is NC1CCCC(C(=O)Nc2ccccc2CCC(F)(F)F)C1. The fraction of sp³-hybridized carbons (Fsp3) is 0.562. The van der Waals surface area contributed by atoms with E-state index in [0.29, 0.717) is 17.7 Å². The first-order valence-corrected chi connectivity index (χ1v) is 7.56. The second-order valence-corrected chi connectivity index (χ2v) is 5.89. The first-order chi connectivity index (χ1) is 10.3. The van der Waals surface area contributed by atoms with Gasteiger partial charge in [0.15, 0.2) is 0 Å². The van der Waals surface area contributed by atoms with E-state index < -0.39 is 12.6 Å².